The number of fused-ring (bicyclic) bond motifs is 1. The summed E-state index contributed by atoms with van der Waals surface area (Å²) < 4.78 is 16.0. The zero-order valence-corrected chi connectivity index (χ0v) is 10.7. The van der Waals surface area contributed by atoms with Crippen LogP contribution >= 0.6 is 0 Å². The van der Waals surface area contributed by atoms with E-state index in [-0.39, 0.29) is 5.82 Å². The molecule has 0 radical (unpaired) electrons. The summed E-state index contributed by atoms with van der Waals surface area (Å²) in [5, 5.41) is 4.55. The molecule has 18 heavy (non-hydrogen) atoms. The first-order valence-corrected chi connectivity index (χ1v) is 6.79. The van der Waals surface area contributed by atoms with E-state index in [0.29, 0.717) is 6.04 Å². The highest BCUT2D eigenvalue weighted by atomic mass is 19.1. The molecule has 1 aliphatic carbocycles. The Hall–Kier alpha value is -1.35. The van der Waals surface area contributed by atoms with Gasteiger partial charge in [-0.1, -0.05) is 18.6 Å². The molecule has 96 valence electrons. The highest BCUT2D eigenvalue weighted by Crippen LogP contribution is 2.24. The summed E-state index contributed by atoms with van der Waals surface area (Å²) >= 11 is 0. The Morgan fingerprint density at radius 1 is 1.39 bits per heavy atom. The molecule has 1 saturated carbocycles. The van der Waals surface area contributed by atoms with Gasteiger partial charge in [-0.2, -0.15) is 0 Å². The summed E-state index contributed by atoms with van der Waals surface area (Å²) in [7, 11) is 0. The van der Waals surface area contributed by atoms with Gasteiger partial charge in [-0.15, -0.1) is 0 Å². The zero-order valence-electron chi connectivity index (χ0n) is 10.7. The standard InChI is InChI=1S/C15H19FN2/c1-2-18-13(10-17-12-6-4-7-12)9-11-5-3-8-14(16)15(11)18/h3,5,8-9,12,17H,2,4,6-7,10H2,1H3. The molecule has 1 heterocycles. The topological polar surface area (TPSA) is 17.0 Å². The van der Waals surface area contributed by atoms with E-state index in [1.165, 1.54) is 31.0 Å². The first-order chi connectivity index (χ1) is 8.79. The predicted octanol–water partition coefficient (Wildman–Crippen LogP) is 3.44. The molecule has 3 rings (SSSR count). The number of rotatable bonds is 4. The Labute approximate surface area is 107 Å². The van der Waals surface area contributed by atoms with Crippen molar-refractivity contribution in [2.45, 2.75) is 45.3 Å². The van der Waals surface area contributed by atoms with Crippen LogP contribution in [0, 0.1) is 5.82 Å². The van der Waals surface area contributed by atoms with Gasteiger partial charge >= 0.3 is 0 Å². The average molecular weight is 246 g/mol. The fourth-order valence-corrected chi connectivity index (χ4v) is 2.70. The van der Waals surface area contributed by atoms with Gasteiger partial charge in [0.25, 0.3) is 0 Å². The smallest absolute Gasteiger partial charge is 0.147 e. The Balaban J connectivity index is 1.92. The lowest BCUT2D eigenvalue weighted by Crippen LogP contribution is -2.35. The van der Waals surface area contributed by atoms with Crippen molar-refractivity contribution in [3.8, 4) is 0 Å². The van der Waals surface area contributed by atoms with E-state index in [2.05, 4.69) is 22.9 Å². The quantitative estimate of drug-likeness (QED) is 0.874. The second kappa shape index (κ2) is 4.73. The molecule has 0 atom stereocenters. The minimum Gasteiger partial charge on any atom is -0.341 e. The van der Waals surface area contributed by atoms with Gasteiger partial charge in [0.15, 0.2) is 0 Å². The van der Waals surface area contributed by atoms with Crippen LogP contribution in [-0.2, 0) is 13.1 Å². The summed E-state index contributed by atoms with van der Waals surface area (Å²) in [6.07, 6.45) is 3.89. The molecule has 2 aromatic rings. The van der Waals surface area contributed by atoms with Gasteiger partial charge in [0, 0.05) is 30.2 Å². The molecule has 2 nitrogen and oxygen atoms in total. The Morgan fingerprint density at radius 3 is 2.89 bits per heavy atom. The molecule has 0 saturated heterocycles. The molecular weight excluding hydrogens is 227 g/mol. The van der Waals surface area contributed by atoms with Gasteiger partial charge < -0.3 is 9.88 Å². The maximum Gasteiger partial charge on any atom is 0.147 e. The van der Waals surface area contributed by atoms with E-state index in [1.807, 2.05) is 6.07 Å². The van der Waals surface area contributed by atoms with Gasteiger partial charge in [-0.25, -0.2) is 4.39 Å². The molecule has 0 amide bonds. The highest BCUT2D eigenvalue weighted by molar-refractivity contribution is 5.81. The molecule has 0 unspecified atom stereocenters. The maximum absolute atomic E-state index is 13.9. The summed E-state index contributed by atoms with van der Waals surface area (Å²) in [4.78, 5) is 0. The van der Waals surface area contributed by atoms with Crippen LogP contribution in [0.5, 0.6) is 0 Å². The zero-order chi connectivity index (χ0) is 12.5. The molecule has 1 aliphatic rings. The Morgan fingerprint density at radius 2 is 2.22 bits per heavy atom. The number of benzene rings is 1. The Kier molecular flexibility index (Phi) is 3.08. The van der Waals surface area contributed by atoms with Crippen molar-refractivity contribution >= 4 is 10.9 Å². The van der Waals surface area contributed by atoms with Crippen molar-refractivity contribution in [1.29, 1.82) is 0 Å². The Bertz CT molecular complexity index is 555. The molecule has 1 fully saturated rings. The third-order valence-corrected chi connectivity index (χ3v) is 3.95. The number of aromatic nitrogens is 1. The van der Waals surface area contributed by atoms with Crippen LogP contribution in [0.2, 0.25) is 0 Å². The lowest BCUT2D eigenvalue weighted by molar-refractivity contribution is 0.335. The highest BCUT2D eigenvalue weighted by Gasteiger charge is 2.17. The molecule has 1 aromatic heterocycles. The summed E-state index contributed by atoms with van der Waals surface area (Å²) in [6, 6.07) is 8.07. The summed E-state index contributed by atoms with van der Waals surface area (Å²) in [6.45, 7) is 3.72. The third kappa shape index (κ3) is 1.93. The van der Waals surface area contributed by atoms with E-state index in [0.717, 1.165) is 24.0 Å². The lowest BCUT2D eigenvalue weighted by atomic mass is 9.93. The van der Waals surface area contributed by atoms with E-state index in [9.17, 15) is 4.39 Å². The number of halogens is 1. The molecule has 0 bridgehead atoms. The van der Waals surface area contributed by atoms with Crippen molar-refractivity contribution in [3.05, 3.63) is 35.8 Å². The van der Waals surface area contributed by atoms with E-state index >= 15 is 0 Å². The third-order valence-electron chi connectivity index (χ3n) is 3.95. The lowest BCUT2D eigenvalue weighted by Gasteiger charge is -2.26. The number of hydrogen-bond acceptors (Lipinski definition) is 1. The van der Waals surface area contributed by atoms with Crippen molar-refractivity contribution in [2.75, 3.05) is 0 Å². The van der Waals surface area contributed by atoms with E-state index < -0.39 is 0 Å². The molecule has 1 aromatic carbocycles. The minimum atomic E-state index is -0.121. The number of hydrogen-bond donors (Lipinski definition) is 1. The first kappa shape index (κ1) is 11.7. The van der Waals surface area contributed by atoms with Crippen molar-refractivity contribution in [1.82, 2.24) is 9.88 Å². The van der Waals surface area contributed by atoms with Gasteiger partial charge in [-0.05, 0) is 31.9 Å². The van der Waals surface area contributed by atoms with E-state index in [1.54, 1.807) is 6.07 Å². The van der Waals surface area contributed by atoms with Gasteiger partial charge in [-0.3, -0.25) is 0 Å². The molecular formula is C15H19FN2. The molecule has 1 N–H and O–H groups in total. The molecule has 0 spiro atoms. The number of para-hydroxylation sites is 1. The molecule has 0 aliphatic heterocycles. The summed E-state index contributed by atoms with van der Waals surface area (Å²) in [5.41, 5.74) is 1.93. The normalized spacial score (nSPS) is 16.1. The van der Waals surface area contributed by atoms with Crippen LogP contribution in [0.4, 0.5) is 4.39 Å². The van der Waals surface area contributed by atoms with Crippen LogP contribution < -0.4 is 5.32 Å². The SMILES string of the molecule is CCn1c(CNC2CCC2)cc2cccc(F)c21. The van der Waals surface area contributed by atoms with Gasteiger partial charge in [0.2, 0.25) is 0 Å². The number of nitrogens with one attached hydrogen (secondary N) is 1. The van der Waals surface area contributed by atoms with Gasteiger partial charge in [0.1, 0.15) is 5.82 Å². The van der Waals surface area contributed by atoms with Crippen molar-refractivity contribution < 1.29 is 4.39 Å². The van der Waals surface area contributed by atoms with Gasteiger partial charge in [0.05, 0.1) is 5.52 Å². The van der Waals surface area contributed by atoms with Crippen LogP contribution in [0.25, 0.3) is 10.9 Å². The average Bonchev–Trinajstić information content (AvgIpc) is 2.66. The van der Waals surface area contributed by atoms with Crippen LogP contribution in [0.15, 0.2) is 24.3 Å². The van der Waals surface area contributed by atoms with Crippen molar-refractivity contribution in [2.24, 2.45) is 0 Å². The largest absolute Gasteiger partial charge is 0.341 e. The van der Waals surface area contributed by atoms with Crippen LogP contribution in [-0.4, -0.2) is 10.6 Å². The first-order valence-electron chi connectivity index (χ1n) is 6.79. The second-order valence-corrected chi connectivity index (χ2v) is 5.07. The number of nitrogens with zero attached hydrogens (tertiary/aromatic N) is 1. The maximum atomic E-state index is 13.9. The van der Waals surface area contributed by atoms with E-state index in [4.69, 9.17) is 0 Å². The van der Waals surface area contributed by atoms with Crippen LogP contribution in [0.3, 0.4) is 0 Å². The predicted molar refractivity (Wildman–Crippen MR) is 72.0 cm³/mol. The fourth-order valence-electron chi connectivity index (χ4n) is 2.70. The number of aryl methyl sites for hydroxylation is 1. The van der Waals surface area contributed by atoms with Crippen LogP contribution in [0.1, 0.15) is 31.9 Å². The molecule has 3 heteroatoms. The van der Waals surface area contributed by atoms with Crippen molar-refractivity contribution in [3.63, 3.8) is 0 Å². The monoisotopic (exact) mass is 246 g/mol. The fraction of sp³-hybridized carbons (Fsp3) is 0.467. The minimum absolute atomic E-state index is 0.121. The second-order valence-electron chi connectivity index (χ2n) is 5.07. The summed E-state index contributed by atoms with van der Waals surface area (Å²) in [5.74, 6) is -0.121.